The molecule has 2 saturated carbocycles. The van der Waals surface area contributed by atoms with Gasteiger partial charge >= 0.3 is 0 Å². The number of aromatic hydroxyl groups is 1. The molecule has 0 radical (unpaired) electrons. The van der Waals surface area contributed by atoms with E-state index >= 15 is 0 Å². The first-order valence-corrected chi connectivity index (χ1v) is 14.1. The molecule has 1 aromatic carbocycles. The van der Waals surface area contributed by atoms with E-state index in [1.165, 1.54) is 4.90 Å². The fourth-order valence-corrected chi connectivity index (χ4v) is 7.45. The summed E-state index contributed by atoms with van der Waals surface area (Å²) in [5.74, 6) is -11.2. The molecule has 13 heteroatoms. The van der Waals surface area contributed by atoms with Gasteiger partial charge in [0.2, 0.25) is 11.8 Å². The highest BCUT2D eigenvalue weighted by molar-refractivity contribution is 6.32. The maximum atomic E-state index is 14.1. The van der Waals surface area contributed by atoms with Gasteiger partial charge in [-0.1, -0.05) is 0 Å². The lowest BCUT2D eigenvalue weighted by Crippen LogP contribution is -2.74. The summed E-state index contributed by atoms with van der Waals surface area (Å²) in [6.07, 6.45) is 1.70. The van der Waals surface area contributed by atoms with Crippen LogP contribution in [0.25, 0.3) is 0 Å². The molecule has 1 aliphatic heterocycles. The van der Waals surface area contributed by atoms with Crippen LogP contribution in [-0.4, -0.2) is 102 Å². The predicted molar refractivity (Wildman–Crippen MR) is 149 cm³/mol. The van der Waals surface area contributed by atoms with Gasteiger partial charge in [-0.25, -0.2) is 0 Å². The van der Waals surface area contributed by atoms with Crippen LogP contribution in [0.2, 0.25) is 0 Å². The van der Waals surface area contributed by atoms with E-state index in [4.69, 9.17) is 5.73 Å². The number of rotatable bonds is 6. The second-order valence-electron chi connectivity index (χ2n) is 12.3. The number of carbonyl (C=O) groups excluding carboxylic acids is 6. The van der Waals surface area contributed by atoms with Gasteiger partial charge in [0, 0.05) is 37.8 Å². The number of fused-ring (bicyclic) bond motifs is 3. The summed E-state index contributed by atoms with van der Waals surface area (Å²) in [6, 6.07) is 0.191. The number of primary amides is 1. The first-order valence-electron chi connectivity index (χ1n) is 14.1. The van der Waals surface area contributed by atoms with E-state index in [0.29, 0.717) is 17.7 Å². The average Bonchev–Trinajstić information content (AvgIpc) is 3.45. The zero-order valence-corrected chi connectivity index (χ0v) is 24.1. The molecular weight excluding hydrogens is 546 g/mol. The number of nitrogens with zero attached hydrogens (tertiary/aromatic N) is 2. The lowest BCUT2D eigenvalue weighted by molar-refractivity contribution is -0.181. The van der Waals surface area contributed by atoms with Crippen LogP contribution < -0.4 is 21.3 Å². The van der Waals surface area contributed by atoms with Gasteiger partial charge in [0.15, 0.2) is 34.7 Å². The second-order valence-corrected chi connectivity index (χ2v) is 12.3. The van der Waals surface area contributed by atoms with Gasteiger partial charge in [-0.2, -0.15) is 0 Å². The number of phenols is 1. The molecule has 0 bridgehead atoms. The maximum absolute atomic E-state index is 14.1. The van der Waals surface area contributed by atoms with E-state index in [0.717, 1.165) is 13.0 Å². The van der Waals surface area contributed by atoms with Crippen LogP contribution in [0, 0.1) is 23.7 Å². The number of nitrogens with two attached hydrogens (primary N) is 1. The fourth-order valence-electron chi connectivity index (χ4n) is 7.45. The number of hydrogen-bond acceptors (Lipinski definition) is 11. The maximum Gasteiger partial charge on any atom is 0.237 e. The number of benzene rings is 1. The van der Waals surface area contributed by atoms with Crippen LogP contribution in [0.15, 0.2) is 6.07 Å². The van der Waals surface area contributed by atoms with Crippen LogP contribution in [0.4, 0.5) is 5.69 Å². The standard InChI is InChI=1S/C29H37N5O8/c1-33(2)17-10-13(11-32-28(41)16-6-5-7-31-16)22(35)19-14(17)8-12-9-15-21(34(3)4)24(37)20(27(30)40)26(39)29(15,42)25(38)18(12)23(19)36/h10,12,15-16,18,20-21,31,35,42H,5-9,11H2,1-4H3,(H2,30,40)(H,32,41)/t12-,15-,16?,18?,20?,21?,29-/m0/s1. The second kappa shape index (κ2) is 10.5. The molecule has 3 aliphatic carbocycles. The number of aliphatic hydroxyl groups is 1. The summed E-state index contributed by atoms with van der Waals surface area (Å²) < 4.78 is 0. The molecule has 4 aliphatic rings. The number of amides is 2. The molecule has 3 fully saturated rings. The Balaban J connectivity index is 1.56. The molecule has 7 atom stereocenters. The number of ketones is 4. The summed E-state index contributed by atoms with van der Waals surface area (Å²) in [5.41, 5.74) is 3.87. The summed E-state index contributed by atoms with van der Waals surface area (Å²) in [7, 11) is 6.62. The van der Waals surface area contributed by atoms with Crippen LogP contribution >= 0.6 is 0 Å². The van der Waals surface area contributed by atoms with Crippen molar-refractivity contribution in [2.75, 3.05) is 39.6 Å². The Morgan fingerprint density at radius 3 is 2.40 bits per heavy atom. The Kier molecular flexibility index (Phi) is 7.48. The van der Waals surface area contributed by atoms with Crippen molar-refractivity contribution in [2.45, 2.75) is 49.9 Å². The number of anilines is 1. The van der Waals surface area contributed by atoms with Crippen molar-refractivity contribution in [1.29, 1.82) is 0 Å². The highest BCUT2D eigenvalue weighted by Gasteiger charge is 2.69. The number of carbonyl (C=O) groups is 6. The molecule has 13 nitrogen and oxygen atoms in total. The van der Waals surface area contributed by atoms with Crippen molar-refractivity contribution in [1.82, 2.24) is 15.5 Å². The smallest absolute Gasteiger partial charge is 0.237 e. The van der Waals surface area contributed by atoms with Gasteiger partial charge in [-0.15, -0.1) is 0 Å². The zero-order chi connectivity index (χ0) is 30.8. The van der Waals surface area contributed by atoms with E-state index in [1.807, 2.05) is 0 Å². The van der Waals surface area contributed by atoms with Crippen LogP contribution in [0.1, 0.15) is 40.7 Å². The first-order chi connectivity index (χ1) is 19.7. The molecule has 1 aromatic rings. The number of phenolic OH excluding ortho intramolecular Hbond substituents is 1. The molecule has 0 spiro atoms. The molecule has 42 heavy (non-hydrogen) atoms. The van der Waals surface area contributed by atoms with Crippen molar-refractivity contribution in [3.05, 3.63) is 22.8 Å². The highest BCUT2D eigenvalue weighted by Crippen LogP contribution is 2.52. The van der Waals surface area contributed by atoms with Gasteiger partial charge in [0.1, 0.15) is 5.75 Å². The third-order valence-corrected chi connectivity index (χ3v) is 9.43. The van der Waals surface area contributed by atoms with Gasteiger partial charge in [-0.05, 0) is 63.9 Å². The van der Waals surface area contributed by atoms with E-state index in [1.54, 1.807) is 39.2 Å². The molecular formula is C29H37N5O8. The Morgan fingerprint density at radius 2 is 1.83 bits per heavy atom. The van der Waals surface area contributed by atoms with Crippen molar-refractivity contribution < 1.29 is 39.0 Å². The van der Waals surface area contributed by atoms with Gasteiger partial charge < -0.3 is 31.5 Å². The van der Waals surface area contributed by atoms with Gasteiger partial charge in [0.05, 0.1) is 23.6 Å². The highest BCUT2D eigenvalue weighted by atomic mass is 16.3. The topological polar surface area (TPSA) is 199 Å². The van der Waals surface area contributed by atoms with Gasteiger partial charge in [-0.3, -0.25) is 33.7 Å². The first kappa shape index (κ1) is 29.8. The number of likely N-dealkylation sites (N-methyl/N-ethyl adjacent to an activating group) is 1. The Hall–Kier alpha value is -3.68. The minimum atomic E-state index is -2.78. The fraction of sp³-hybridized carbons (Fsp3) is 0.586. The molecule has 1 saturated heterocycles. The summed E-state index contributed by atoms with van der Waals surface area (Å²) in [4.78, 5) is 82.8. The summed E-state index contributed by atoms with van der Waals surface area (Å²) >= 11 is 0. The quantitative estimate of drug-likeness (QED) is 0.239. The van der Waals surface area contributed by atoms with Crippen molar-refractivity contribution in [3.63, 3.8) is 0 Å². The van der Waals surface area contributed by atoms with E-state index in [9.17, 15) is 39.0 Å². The summed E-state index contributed by atoms with van der Waals surface area (Å²) in [5, 5.41) is 29.0. The van der Waals surface area contributed by atoms with Crippen molar-refractivity contribution in [3.8, 4) is 5.75 Å². The van der Waals surface area contributed by atoms with Gasteiger partial charge in [0.25, 0.3) is 0 Å². The molecule has 0 aromatic heterocycles. The van der Waals surface area contributed by atoms with E-state index in [2.05, 4.69) is 10.6 Å². The third-order valence-electron chi connectivity index (χ3n) is 9.43. The Bertz CT molecular complexity index is 1400. The molecule has 2 amide bonds. The number of nitrogens with one attached hydrogen (secondary N) is 2. The van der Waals surface area contributed by atoms with Crippen LogP contribution in [-0.2, 0) is 36.9 Å². The average molecular weight is 584 g/mol. The predicted octanol–water partition coefficient (Wildman–Crippen LogP) is -1.70. The third kappa shape index (κ3) is 4.33. The van der Waals surface area contributed by atoms with E-state index in [-0.39, 0.29) is 48.2 Å². The lowest BCUT2D eigenvalue weighted by atomic mass is 9.52. The Labute approximate surface area is 242 Å². The van der Waals surface area contributed by atoms with Crippen LogP contribution in [0.3, 0.4) is 0 Å². The minimum absolute atomic E-state index is 0.0241. The Morgan fingerprint density at radius 1 is 1.14 bits per heavy atom. The monoisotopic (exact) mass is 583 g/mol. The van der Waals surface area contributed by atoms with Crippen LogP contribution in [0.5, 0.6) is 5.75 Å². The molecule has 6 N–H and O–H groups in total. The largest absolute Gasteiger partial charge is 0.507 e. The SMILES string of the molecule is CN(C)c1cc(CNC(=O)C2CCCN2)c(O)c2c1C[C@H]1C[C@H]3C(N(C)C)C(=O)C(C(N)=O)C(=O)[C@@]3(O)C(=O)C1C2=O. The lowest BCUT2D eigenvalue weighted by Gasteiger charge is -2.52. The zero-order valence-electron chi connectivity index (χ0n) is 24.1. The molecule has 4 unspecified atom stereocenters. The molecule has 1 heterocycles. The number of Topliss-reactive ketones (excluding diaryl/α,β-unsaturated/α-hetero) is 4. The van der Waals surface area contributed by atoms with Crippen molar-refractivity contribution >= 4 is 40.6 Å². The van der Waals surface area contributed by atoms with E-state index < -0.39 is 64.4 Å². The summed E-state index contributed by atoms with van der Waals surface area (Å²) in [6.45, 7) is 0.668. The molecule has 5 rings (SSSR count). The number of hydrogen-bond donors (Lipinski definition) is 5. The van der Waals surface area contributed by atoms with Crippen molar-refractivity contribution in [2.24, 2.45) is 29.4 Å². The molecule has 226 valence electrons. The normalized spacial score (nSPS) is 32.3. The minimum Gasteiger partial charge on any atom is -0.507 e.